The summed E-state index contributed by atoms with van der Waals surface area (Å²) in [6.07, 6.45) is 0. The number of benzene rings is 2. The van der Waals surface area contributed by atoms with Gasteiger partial charge < -0.3 is 14.5 Å². The molecular formula is C18H16ClF2N3O4. The smallest absolute Gasteiger partial charge is 0.295 e. The molecule has 0 saturated carbocycles. The van der Waals surface area contributed by atoms with Crippen molar-refractivity contribution in [3.8, 4) is 5.75 Å². The number of hydrogen-bond donors (Lipinski definition) is 0. The molecule has 0 atom stereocenters. The minimum Gasteiger partial charge on any atom is -0.494 e. The molecule has 0 radical (unpaired) electrons. The maximum Gasteiger partial charge on any atom is 0.295 e. The zero-order chi connectivity index (χ0) is 20.4. The Morgan fingerprint density at radius 2 is 1.82 bits per heavy atom. The molecule has 2 aromatic rings. The molecule has 28 heavy (non-hydrogen) atoms. The lowest BCUT2D eigenvalue weighted by Gasteiger charge is -2.36. The van der Waals surface area contributed by atoms with Gasteiger partial charge in [-0.3, -0.25) is 14.9 Å². The van der Waals surface area contributed by atoms with Gasteiger partial charge in [-0.05, 0) is 18.2 Å². The normalized spacial score (nSPS) is 14.1. The van der Waals surface area contributed by atoms with E-state index in [1.807, 2.05) is 0 Å². The maximum absolute atomic E-state index is 13.9. The highest BCUT2D eigenvalue weighted by Crippen LogP contribution is 2.35. The predicted octanol–water partition coefficient (Wildman–Crippen LogP) is 3.50. The molecule has 1 heterocycles. The SMILES string of the molecule is COc1cc(N2CCN(C(=O)c3cc(Cl)ccc3F)CC2)c([N+](=O)[O-])cc1F. The van der Waals surface area contributed by atoms with E-state index >= 15 is 0 Å². The molecule has 0 bridgehead atoms. The third kappa shape index (κ3) is 3.84. The second kappa shape index (κ2) is 7.97. The van der Waals surface area contributed by atoms with Gasteiger partial charge in [-0.1, -0.05) is 11.6 Å². The topological polar surface area (TPSA) is 75.9 Å². The molecule has 0 unspecified atom stereocenters. The number of carbonyl (C=O) groups excluding carboxylic acids is 1. The summed E-state index contributed by atoms with van der Waals surface area (Å²) in [6.45, 7) is 0.927. The first-order chi connectivity index (χ1) is 13.3. The second-order valence-electron chi connectivity index (χ2n) is 6.14. The van der Waals surface area contributed by atoms with E-state index in [4.69, 9.17) is 16.3 Å². The molecule has 1 fully saturated rings. The fourth-order valence-electron chi connectivity index (χ4n) is 3.07. The van der Waals surface area contributed by atoms with Crippen molar-refractivity contribution >= 4 is 28.9 Å². The number of nitro groups is 1. The summed E-state index contributed by atoms with van der Waals surface area (Å²) >= 11 is 5.84. The van der Waals surface area contributed by atoms with E-state index in [2.05, 4.69) is 0 Å². The fraction of sp³-hybridized carbons (Fsp3) is 0.278. The Hall–Kier alpha value is -2.94. The van der Waals surface area contributed by atoms with Crippen LogP contribution >= 0.6 is 11.6 Å². The highest BCUT2D eigenvalue weighted by atomic mass is 35.5. The van der Waals surface area contributed by atoms with E-state index < -0.39 is 22.5 Å². The van der Waals surface area contributed by atoms with Gasteiger partial charge in [0.1, 0.15) is 11.5 Å². The predicted molar refractivity (Wildman–Crippen MR) is 99.1 cm³/mol. The number of nitrogens with zero attached hydrogens (tertiary/aromatic N) is 3. The third-order valence-electron chi connectivity index (χ3n) is 4.51. The van der Waals surface area contributed by atoms with E-state index in [-0.39, 0.29) is 53.9 Å². The van der Waals surface area contributed by atoms with Crippen LogP contribution in [0.25, 0.3) is 0 Å². The summed E-state index contributed by atoms with van der Waals surface area (Å²) in [6, 6.07) is 5.82. The van der Waals surface area contributed by atoms with Crippen LogP contribution in [0.15, 0.2) is 30.3 Å². The first-order valence-electron chi connectivity index (χ1n) is 8.33. The summed E-state index contributed by atoms with van der Waals surface area (Å²) in [7, 11) is 1.27. The average Bonchev–Trinajstić information content (AvgIpc) is 2.69. The summed E-state index contributed by atoms with van der Waals surface area (Å²) in [5, 5.41) is 11.5. The monoisotopic (exact) mass is 411 g/mol. The van der Waals surface area contributed by atoms with Crippen molar-refractivity contribution in [3.05, 3.63) is 62.7 Å². The van der Waals surface area contributed by atoms with E-state index in [0.29, 0.717) is 0 Å². The molecule has 7 nitrogen and oxygen atoms in total. The van der Waals surface area contributed by atoms with Gasteiger partial charge in [-0.2, -0.15) is 0 Å². The number of methoxy groups -OCH3 is 1. The van der Waals surface area contributed by atoms with Gasteiger partial charge in [0.05, 0.1) is 23.7 Å². The zero-order valence-electron chi connectivity index (χ0n) is 14.8. The van der Waals surface area contributed by atoms with Gasteiger partial charge in [0.2, 0.25) is 0 Å². The lowest BCUT2D eigenvalue weighted by Crippen LogP contribution is -2.49. The Labute approximate surface area is 164 Å². The molecule has 0 aromatic heterocycles. The molecule has 148 valence electrons. The van der Waals surface area contributed by atoms with Crippen molar-refractivity contribution in [2.75, 3.05) is 38.2 Å². The summed E-state index contributed by atoms with van der Waals surface area (Å²) in [5.74, 6) is -2.12. The van der Waals surface area contributed by atoms with E-state index in [0.717, 1.165) is 12.1 Å². The van der Waals surface area contributed by atoms with Gasteiger partial charge >= 0.3 is 0 Å². The van der Waals surface area contributed by atoms with Gasteiger partial charge in [-0.15, -0.1) is 0 Å². The first-order valence-corrected chi connectivity index (χ1v) is 8.71. The molecule has 10 heteroatoms. The lowest BCUT2D eigenvalue weighted by molar-refractivity contribution is -0.384. The minimum absolute atomic E-state index is 0.111. The van der Waals surface area contributed by atoms with Crippen molar-refractivity contribution in [1.82, 2.24) is 4.90 Å². The molecule has 1 amide bonds. The van der Waals surface area contributed by atoms with E-state index in [1.54, 1.807) is 4.90 Å². The fourth-order valence-corrected chi connectivity index (χ4v) is 3.24. The van der Waals surface area contributed by atoms with Crippen molar-refractivity contribution in [1.29, 1.82) is 0 Å². The number of rotatable bonds is 4. The Kier molecular flexibility index (Phi) is 5.64. The number of amides is 1. The Morgan fingerprint density at radius 3 is 2.43 bits per heavy atom. The molecule has 2 aromatic carbocycles. The molecule has 1 saturated heterocycles. The molecule has 1 aliphatic heterocycles. The van der Waals surface area contributed by atoms with Crippen LogP contribution in [0.2, 0.25) is 5.02 Å². The van der Waals surface area contributed by atoms with Crippen molar-refractivity contribution < 1.29 is 23.2 Å². The largest absolute Gasteiger partial charge is 0.494 e. The molecule has 0 spiro atoms. The van der Waals surface area contributed by atoms with Crippen LogP contribution in [-0.2, 0) is 0 Å². The van der Waals surface area contributed by atoms with Gasteiger partial charge in [0, 0.05) is 37.3 Å². The maximum atomic E-state index is 13.9. The van der Waals surface area contributed by atoms with Crippen molar-refractivity contribution in [2.24, 2.45) is 0 Å². The van der Waals surface area contributed by atoms with Crippen molar-refractivity contribution in [3.63, 3.8) is 0 Å². The number of halogens is 3. The lowest BCUT2D eigenvalue weighted by atomic mass is 10.1. The van der Waals surface area contributed by atoms with Crippen LogP contribution in [0.1, 0.15) is 10.4 Å². The van der Waals surface area contributed by atoms with Crippen molar-refractivity contribution in [2.45, 2.75) is 0 Å². The molecule has 3 rings (SSSR count). The minimum atomic E-state index is -0.830. The van der Waals surface area contributed by atoms with E-state index in [1.165, 1.54) is 30.2 Å². The Morgan fingerprint density at radius 1 is 1.14 bits per heavy atom. The number of nitro benzene ring substituents is 1. The number of carbonyl (C=O) groups is 1. The highest BCUT2D eigenvalue weighted by molar-refractivity contribution is 6.31. The quantitative estimate of drug-likeness (QED) is 0.568. The Balaban J connectivity index is 1.79. The van der Waals surface area contributed by atoms with Crippen LogP contribution in [0.3, 0.4) is 0 Å². The van der Waals surface area contributed by atoms with Crippen LogP contribution < -0.4 is 9.64 Å². The standard InChI is InChI=1S/C18H16ClF2N3O4/c1-28-17-10-15(16(24(26)27)9-14(17)21)22-4-6-23(7-5-22)18(25)12-8-11(19)2-3-13(12)20/h2-3,8-10H,4-7H2,1H3. The number of hydrogen-bond acceptors (Lipinski definition) is 5. The number of ether oxygens (including phenoxy) is 1. The third-order valence-corrected chi connectivity index (χ3v) is 4.75. The number of piperazine rings is 1. The van der Waals surface area contributed by atoms with Crippen LogP contribution in [0.5, 0.6) is 5.75 Å². The van der Waals surface area contributed by atoms with E-state index in [9.17, 15) is 23.7 Å². The molecule has 1 aliphatic rings. The molecule has 0 N–H and O–H groups in total. The van der Waals surface area contributed by atoms with Gasteiger partial charge in [-0.25, -0.2) is 8.78 Å². The first kappa shape index (κ1) is 19.8. The molecular weight excluding hydrogens is 396 g/mol. The molecule has 0 aliphatic carbocycles. The van der Waals surface area contributed by atoms with Gasteiger partial charge in [0.15, 0.2) is 11.6 Å². The summed E-state index contributed by atoms with van der Waals surface area (Å²) < 4.78 is 32.7. The highest BCUT2D eigenvalue weighted by Gasteiger charge is 2.29. The summed E-state index contributed by atoms with van der Waals surface area (Å²) in [4.78, 5) is 26.3. The van der Waals surface area contributed by atoms with Gasteiger partial charge in [0.25, 0.3) is 11.6 Å². The Bertz CT molecular complexity index is 933. The second-order valence-corrected chi connectivity index (χ2v) is 6.57. The number of anilines is 1. The van der Waals surface area contributed by atoms with Crippen LogP contribution in [0.4, 0.5) is 20.2 Å². The summed E-state index contributed by atoms with van der Waals surface area (Å²) in [5.41, 5.74) is -0.321. The average molecular weight is 412 g/mol. The zero-order valence-corrected chi connectivity index (χ0v) is 15.6. The van der Waals surface area contributed by atoms with Crippen LogP contribution in [-0.4, -0.2) is 49.0 Å². The van der Waals surface area contributed by atoms with Crippen LogP contribution in [0, 0.1) is 21.7 Å².